The molecule has 0 aliphatic carbocycles. The van der Waals surface area contributed by atoms with Crippen molar-refractivity contribution in [2.45, 2.75) is 195 Å². The quantitative estimate of drug-likeness (QED) is 0.0875. The molecule has 0 saturated heterocycles. The maximum atomic E-state index is 12.6. The van der Waals surface area contributed by atoms with Crippen LogP contribution in [-0.2, 0) is 14.3 Å². The minimum Gasteiger partial charge on any atom is -0.481 e. The van der Waals surface area contributed by atoms with Crippen LogP contribution in [-0.4, -0.2) is 23.1 Å². The van der Waals surface area contributed by atoms with Crippen molar-refractivity contribution < 1.29 is 19.4 Å². The molecule has 0 aromatic rings. The molecule has 0 aliphatic heterocycles. The smallest absolute Gasteiger partial charge is 0.309 e. The first-order valence-corrected chi connectivity index (χ1v) is 16.8. The molecule has 0 fully saturated rings. The first-order chi connectivity index (χ1) is 18.4. The van der Waals surface area contributed by atoms with Crippen molar-refractivity contribution in [1.82, 2.24) is 0 Å². The fraction of sp³-hybridized carbons (Fsp3) is 0.941. The third-order valence-corrected chi connectivity index (χ3v) is 7.77. The summed E-state index contributed by atoms with van der Waals surface area (Å²) in [5, 5.41) is 8.60. The van der Waals surface area contributed by atoms with Crippen LogP contribution in [0.15, 0.2) is 0 Å². The van der Waals surface area contributed by atoms with Crippen LogP contribution >= 0.6 is 0 Å². The number of aliphatic carboxylic acids is 1. The third kappa shape index (κ3) is 25.2. The van der Waals surface area contributed by atoms with Gasteiger partial charge in [0.2, 0.25) is 0 Å². The fourth-order valence-electron chi connectivity index (χ4n) is 4.90. The minimum atomic E-state index is -0.643. The number of rotatable bonds is 26. The van der Waals surface area contributed by atoms with Crippen LogP contribution in [0.4, 0.5) is 0 Å². The van der Waals surface area contributed by atoms with Crippen LogP contribution in [0.3, 0.4) is 0 Å². The molecule has 4 nitrogen and oxygen atoms in total. The fourth-order valence-corrected chi connectivity index (χ4v) is 4.90. The second-order valence-corrected chi connectivity index (χ2v) is 11.4. The lowest BCUT2D eigenvalue weighted by Crippen LogP contribution is -2.24. The van der Waals surface area contributed by atoms with Crippen LogP contribution in [0, 0.1) is 11.8 Å². The maximum Gasteiger partial charge on any atom is 0.309 e. The molecule has 0 spiro atoms. The van der Waals surface area contributed by atoms with Gasteiger partial charge in [-0.25, -0.2) is 0 Å². The minimum absolute atomic E-state index is 0.0786. The molecule has 0 aromatic heterocycles. The monoisotopic (exact) mass is 541 g/mol. The third-order valence-electron chi connectivity index (χ3n) is 7.77. The van der Waals surface area contributed by atoms with E-state index in [1.54, 1.807) is 0 Å². The SMILES string of the molecule is CCCCC(CC)C(=O)O.CCCCCCCCCC(CCCCCCCC)OC(=O)C(CC)CCCC. The average Bonchev–Trinajstić information content (AvgIpc) is 2.91. The summed E-state index contributed by atoms with van der Waals surface area (Å²) >= 11 is 0. The van der Waals surface area contributed by atoms with Gasteiger partial charge >= 0.3 is 11.9 Å². The molecule has 3 atom stereocenters. The van der Waals surface area contributed by atoms with E-state index in [1.807, 2.05) is 6.92 Å². The summed E-state index contributed by atoms with van der Waals surface area (Å²) in [6, 6.07) is 0. The Morgan fingerprint density at radius 2 is 0.868 bits per heavy atom. The highest BCUT2D eigenvalue weighted by Gasteiger charge is 2.21. The summed E-state index contributed by atoms with van der Waals surface area (Å²) in [5.41, 5.74) is 0. The lowest BCUT2D eigenvalue weighted by atomic mass is 9.98. The summed E-state index contributed by atoms with van der Waals surface area (Å²) in [6.07, 6.45) is 27.3. The molecule has 0 radical (unpaired) electrons. The zero-order valence-electron chi connectivity index (χ0n) is 26.7. The van der Waals surface area contributed by atoms with Crippen LogP contribution in [0.25, 0.3) is 0 Å². The lowest BCUT2D eigenvalue weighted by molar-refractivity contribution is -0.155. The summed E-state index contributed by atoms with van der Waals surface area (Å²) in [5.74, 6) is -0.563. The Bertz CT molecular complexity index is 505. The topological polar surface area (TPSA) is 63.6 Å². The van der Waals surface area contributed by atoms with Crippen LogP contribution < -0.4 is 0 Å². The number of ether oxygens (including phenoxy) is 1. The zero-order chi connectivity index (χ0) is 28.9. The zero-order valence-corrected chi connectivity index (χ0v) is 26.7. The molecule has 3 unspecified atom stereocenters. The molecule has 0 amide bonds. The first kappa shape index (κ1) is 39.1. The molecule has 38 heavy (non-hydrogen) atoms. The number of hydrogen-bond acceptors (Lipinski definition) is 3. The number of carbonyl (C=O) groups is 2. The van der Waals surface area contributed by atoms with Crippen LogP contribution in [0.5, 0.6) is 0 Å². The number of hydrogen-bond donors (Lipinski definition) is 1. The largest absolute Gasteiger partial charge is 0.481 e. The summed E-state index contributed by atoms with van der Waals surface area (Å²) in [6.45, 7) is 12.9. The molecule has 0 saturated carbocycles. The van der Waals surface area contributed by atoms with Gasteiger partial charge in [-0.3, -0.25) is 9.59 Å². The summed E-state index contributed by atoms with van der Waals surface area (Å²) in [4.78, 5) is 23.1. The van der Waals surface area contributed by atoms with Gasteiger partial charge in [0.05, 0.1) is 11.8 Å². The molecule has 4 heteroatoms. The van der Waals surface area contributed by atoms with Gasteiger partial charge in [0.25, 0.3) is 0 Å². The van der Waals surface area contributed by atoms with Crippen molar-refractivity contribution in [3.8, 4) is 0 Å². The number of carboxylic acids is 1. The van der Waals surface area contributed by atoms with E-state index in [9.17, 15) is 9.59 Å². The molecule has 0 rings (SSSR count). The van der Waals surface area contributed by atoms with E-state index in [4.69, 9.17) is 9.84 Å². The Labute approximate surface area is 238 Å². The van der Waals surface area contributed by atoms with Gasteiger partial charge in [-0.05, 0) is 51.4 Å². The predicted octanol–water partition coefficient (Wildman–Crippen LogP) is 11.3. The Morgan fingerprint density at radius 1 is 0.500 bits per heavy atom. The second-order valence-electron chi connectivity index (χ2n) is 11.4. The Morgan fingerprint density at radius 3 is 1.24 bits per heavy atom. The number of esters is 1. The number of carbonyl (C=O) groups excluding carboxylic acids is 1. The van der Waals surface area contributed by atoms with E-state index in [0.29, 0.717) is 0 Å². The second kappa shape index (κ2) is 30.5. The van der Waals surface area contributed by atoms with Gasteiger partial charge in [0.15, 0.2) is 0 Å². The van der Waals surface area contributed by atoms with Crippen molar-refractivity contribution in [2.24, 2.45) is 11.8 Å². The van der Waals surface area contributed by atoms with E-state index in [1.165, 1.54) is 83.5 Å². The van der Waals surface area contributed by atoms with Crippen molar-refractivity contribution >= 4 is 11.9 Å². The molecular weight excluding hydrogens is 472 g/mol. The highest BCUT2D eigenvalue weighted by Crippen LogP contribution is 2.21. The van der Waals surface area contributed by atoms with Crippen LogP contribution in [0.1, 0.15) is 189 Å². The molecule has 1 N–H and O–H groups in total. The highest BCUT2D eigenvalue weighted by molar-refractivity contribution is 5.72. The first-order valence-electron chi connectivity index (χ1n) is 16.8. The predicted molar refractivity (Wildman–Crippen MR) is 165 cm³/mol. The Hall–Kier alpha value is -1.06. The van der Waals surface area contributed by atoms with E-state index in [0.717, 1.165) is 64.2 Å². The van der Waals surface area contributed by atoms with Crippen molar-refractivity contribution in [2.75, 3.05) is 0 Å². The van der Waals surface area contributed by atoms with Gasteiger partial charge in [-0.2, -0.15) is 0 Å². The molecule has 228 valence electrons. The van der Waals surface area contributed by atoms with E-state index in [-0.39, 0.29) is 23.9 Å². The van der Waals surface area contributed by atoms with E-state index < -0.39 is 5.97 Å². The lowest BCUT2D eigenvalue weighted by Gasteiger charge is -2.21. The van der Waals surface area contributed by atoms with Crippen molar-refractivity contribution in [1.29, 1.82) is 0 Å². The standard InChI is InChI=1S/C26H52O2.C8H16O2/c1-5-9-12-14-16-18-20-23-25(22-19-17-15-13-10-6-2)28-26(27)24(8-4)21-11-7-3;1-3-5-6-7(4-2)8(9)10/h24-25H,5-23H2,1-4H3;7H,3-6H2,1-2H3,(H,9,10). The van der Waals surface area contributed by atoms with Gasteiger partial charge in [0, 0.05) is 0 Å². The van der Waals surface area contributed by atoms with Gasteiger partial charge in [0.1, 0.15) is 6.10 Å². The Kier molecular flexibility index (Phi) is 31.4. The Balaban J connectivity index is 0. The van der Waals surface area contributed by atoms with Crippen molar-refractivity contribution in [3.05, 3.63) is 0 Å². The molecule has 0 aromatic carbocycles. The molecule has 0 heterocycles. The normalized spacial score (nSPS) is 13.3. The molecule has 0 aliphatic rings. The van der Waals surface area contributed by atoms with Gasteiger partial charge in [-0.1, -0.05) is 138 Å². The highest BCUT2D eigenvalue weighted by atomic mass is 16.5. The molecule has 0 bridgehead atoms. The number of unbranched alkanes of at least 4 members (excludes halogenated alkanes) is 13. The summed E-state index contributed by atoms with van der Waals surface area (Å²) < 4.78 is 6.03. The van der Waals surface area contributed by atoms with Gasteiger partial charge in [-0.15, -0.1) is 0 Å². The van der Waals surface area contributed by atoms with E-state index in [2.05, 4.69) is 34.6 Å². The van der Waals surface area contributed by atoms with E-state index >= 15 is 0 Å². The van der Waals surface area contributed by atoms with Gasteiger partial charge < -0.3 is 9.84 Å². The molecular formula is C34H68O4. The van der Waals surface area contributed by atoms with Crippen molar-refractivity contribution in [3.63, 3.8) is 0 Å². The number of carboxylic acid groups (broad SMARTS) is 1. The van der Waals surface area contributed by atoms with Crippen LogP contribution in [0.2, 0.25) is 0 Å². The maximum absolute atomic E-state index is 12.6. The average molecular weight is 541 g/mol. The summed E-state index contributed by atoms with van der Waals surface area (Å²) in [7, 11) is 0.